The van der Waals surface area contributed by atoms with Crippen molar-refractivity contribution in [1.29, 1.82) is 5.26 Å². The van der Waals surface area contributed by atoms with E-state index in [4.69, 9.17) is 9.73 Å². The van der Waals surface area contributed by atoms with E-state index in [1.807, 2.05) is 55.7 Å². The molecule has 7 aromatic rings. The number of ether oxygens (including phenoxy) is 1. The maximum atomic E-state index is 13.3. The third-order valence-corrected chi connectivity index (χ3v) is 13.3. The number of nitrogens with zero attached hydrogens (tertiary/aromatic N) is 6. The number of esters is 1. The van der Waals surface area contributed by atoms with Crippen LogP contribution in [-0.2, 0) is 26.1 Å². The molecule has 5 heterocycles. The molecule has 4 aromatic heterocycles. The summed E-state index contributed by atoms with van der Waals surface area (Å²) >= 11 is 1.64. The van der Waals surface area contributed by atoms with E-state index in [2.05, 4.69) is 50.1 Å². The number of H-pyrrole nitrogens is 1. The molecule has 0 saturated heterocycles. The van der Waals surface area contributed by atoms with Crippen LogP contribution in [0.25, 0.3) is 27.0 Å². The fourth-order valence-electron chi connectivity index (χ4n) is 7.42. The second-order valence-electron chi connectivity index (χ2n) is 14.5. The summed E-state index contributed by atoms with van der Waals surface area (Å²) in [6, 6.07) is 22.7. The van der Waals surface area contributed by atoms with Gasteiger partial charge >= 0.3 is 5.97 Å². The number of aliphatic imine (C=N–C) groups is 1. The van der Waals surface area contributed by atoms with E-state index in [1.54, 1.807) is 47.9 Å². The molecule has 8 rings (SSSR count). The average molecular weight is 838 g/mol. The van der Waals surface area contributed by atoms with E-state index in [0.717, 1.165) is 49.0 Å². The lowest BCUT2D eigenvalue weighted by Crippen LogP contribution is -2.24. The van der Waals surface area contributed by atoms with Gasteiger partial charge in [-0.25, -0.2) is 13.4 Å². The Kier molecular flexibility index (Phi) is 10.4. The number of anilines is 1. The number of hydrogen-bond donors (Lipinski definition) is 3. The summed E-state index contributed by atoms with van der Waals surface area (Å²) in [5.74, 6) is 0.528. The van der Waals surface area contributed by atoms with Crippen molar-refractivity contribution in [3.8, 4) is 22.2 Å². The number of nitriles is 1. The summed E-state index contributed by atoms with van der Waals surface area (Å²) in [6.07, 6.45) is 1.57. The quantitative estimate of drug-likeness (QED) is 0.117. The van der Waals surface area contributed by atoms with Gasteiger partial charge in [0.25, 0.3) is 15.9 Å². The van der Waals surface area contributed by atoms with Gasteiger partial charge in [0.15, 0.2) is 5.82 Å². The van der Waals surface area contributed by atoms with E-state index in [0.29, 0.717) is 45.1 Å². The summed E-state index contributed by atoms with van der Waals surface area (Å²) < 4.78 is 36.2. The molecule has 302 valence electrons. The zero-order chi connectivity index (χ0) is 42.5. The highest BCUT2D eigenvalue weighted by molar-refractivity contribution is 7.92. The Balaban J connectivity index is 0.964. The van der Waals surface area contributed by atoms with Crippen molar-refractivity contribution < 1.29 is 22.7 Å². The lowest BCUT2D eigenvalue weighted by molar-refractivity contribution is -0.141. The van der Waals surface area contributed by atoms with Crippen LogP contribution in [0.4, 0.5) is 5.69 Å². The molecule has 3 N–H and O–H groups in total. The maximum Gasteiger partial charge on any atom is 0.308 e. The first-order valence-electron chi connectivity index (χ1n) is 18.9. The van der Waals surface area contributed by atoms with E-state index < -0.39 is 22.0 Å². The fraction of sp³-hybridized carbons (Fsp3) is 0.205. The molecule has 1 aliphatic heterocycles. The Hall–Kier alpha value is -6.96. The zero-order valence-corrected chi connectivity index (χ0v) is 35.2. The summed E-state index contributed by atoms with van der Waals surface area (Å²) in [4.78, 5) is 39.7. The van der Waals surface area contributed by atoms with Crippen LogP contribution in [0.5, 0.6) is 0 Å². The van der Waals surface area contributed by atoms with Crippen LogP contribution >= 0.6 is 11.3 Å². The topological polar surface area (TPSA) is 197 Å². The van der Waals surface area contributed by atoms with Crippen molar-refractivity contribution in [3.63, 3.8) is 0 Å². The van der Waals surface area contributed by atoms with Gasteiger partial charge in [-0.1, -0.05) is 48.5 Å². The Bertz CT molecular complexity index is 3050. The van der Waals surface area contributed by atoms with Crippen LogP contribution in [0.1, 0.15) is 78.6 Å². The summed E-state index contributed by atoms with van der Waals surface area (Å²) in [6.45, 7) is 9.90. The van der Waals surface area contributed by atoms with Crippen molar-refractivity contribution >= 4 is 55.5 Å². The minimum Gasteiger partial charge on any atom is -0.469 e. The molecular formula is C44H39N9O5S2. The first-order valence-corrected chi connectivity index (χ1v) is 21.2. The number of amides is 1. The molecule has 0 spiro atoms. The van der Waals surface area contributed by atoms with Crippen molar-refractivity contribution in [1.82, 2.24) is 30.0 Å². The molecule has 1 amide bonds. The van der Waals surface area contributed by atoms with Gasteiger partial charge < -0.3 is 15.0 Å². The number of aromatic nitrogens is 5. The number of hydrogen-bond acceptors (Lipinski definition) is 11. The van der Waals surface area contributed by atoms with Crippen molar-refractivity contribution in [2.24, 2.45) is 4.99 Å². The molecule has 0 fully saturated rings. The number of rotatable bonds is 10. The number of fused-ring (bicyclic) bond motifs is 4. The van der Waals surface area contributed by atoms with Gasteiger partial charge in [-0.3, -0.25) is 23.9 Å². The highest BCUT2D eigenvalue weighted by Crippen LogP contribution is 2.40. The number of carbonyl (C=O) groups is 2. The molecule has 0 saturated carbocycles. The van der Waals surface area contributed by atoms with E-state index >= 15 is 0 Å². The first kappa shape index (κ1) is 39.8. The highest BCUT2D eigenvalue weighted by atomic mass is 32.2. The van der Waals surface area contributed by atoms with Crippen LogP contribution in [0, 0.1) is 45.9 Å². The lowest BCUT2D eigenvalue weighted by Gasteiger charge is -2.13. The first-order chi connectivity index (χ1) is 28.8. The fourth-order valence-corrected chi connectivity index (χ4v) is 9.71. The van der Waals surface area contributed by atoms with E-state index in [-0.39, 0.29) is 29.5 Å². The minimum absolute atomic E-state index is 0.0158. The second-order valence-corrected chi connectivity index (χ2v) is 17.4. The van der Waals surface area contributed by atoms with Crippen molar-refractivity contribution in [2.75, 3.05) is 11.8 Å². The zero-order valence-electron chi connectivity index (χ0n) is 33.5. The number of thiophene rings is 1. The number of nitrogens with one attached hydrogen (secondary N) is 3. The van der Waals surface area contributed by atoms with Crippen LogP contribution in [-0.4, -0.2) is 57.8 Å². The molecule has 1 atom stereocenters. The number of carbonyl (C=O) groups excluding carboxylic acids is 2. The number of pyridine rings is 1. The summed E-state index contributed by atoms with van der Waals surface area (Å²) in [7, 11) is -2.59. The third-order valence-electron chi connectivity index (χ3n) is 10.7. The van der Waals surface area contributed by atoms with Crippen molar-refractivity contribution in [2.45, 2.75) is 58.5 Å². The second kappa shape index (κ2) is 15.7. The Morgan fingerprint density at radius 1 is 0.950 bits per heavy atom. The molecule has 0 radical (unpaired) electrons. The van der Waals surface area contributed by atoms with E-state index in [9.17, 15) is 23.3 Å². The molecule has 0 aliphatic carbocycles. The predicted molar refractivity (Wildman–Crippen MR) is 229 cm³/mol. The van der Waals surface area contributed by atoms with Gasteiger partial charge in [0.05, 0.1) is 40.9 Å². The standard InChI is InChI=1S/C44H39N9O5S2/c1-23-7-17-34(41-38(23)31(20-45)22-46-41)52-60(56,57)32-14-8-28(9-15-32)21-47-43(55)35-18-16-33(25(3)48-35)29-10-12-30(13-11-29)40-39-24(2)26(4)59-44(39)53-27(5)50-51-42(53)36(49-40)19-37(54)58-6/h7-18,22,36,46,52H,19,21H2,1-6H3,(H,47,55)/t36-/m0/s1. The van der Waals surface area contributed by atoms with Crippen LogP contribution in [0.15, 0.2) is 88.9 Å². The van der Waals surface area contributed by atoms with Gasteiger partial charge in [-0.15, -0.1) is 21.5 Å². The van der Waals surface area contributed by atoms with E-state index in [1.165, 1.54) is 19.2 Å². The summed E-state index contributed by atoms with van der Waals surface area (Å²) in [5.41, 5.74) is 9.20. The normalized spacial score (nSPS) is 13.5. The van der Waals surface area contributed by atoms with Gasteiger partial charge in [0.1, 0.15) is 28.6 Å². The molecule has 0 unspecified atom stereocenters. The smallest absolute Gasteiger partial charge is 0.308 e. The number of sulfonamides is 1. The monoisotopic (exact) mass is 837 g/mol. The Morgan fingerprint density at radius 2 is 1.68 bits per heavy atom. The molecule has 14 nitrogen and oxygen atoms in total. The van der Waals surface area contributed by atoms with Crippen LogP contribution in [0.3, 0.4) is 0 Å². The lowest BCUT2D eigenvalue weighted by atomic mass is 9.96. The largest absolute Gasteiger partial charge is 0.469 e. The molecule has 1 aliphatic rings. The number of benzene rings is 3. The number of aromatic amines is 1. The minimum atomic E-state index is -3.95. The maximum absolute atomic E-state index is 13.3. The van der Waals surface area contributed by atoms with Gasteiger partial charge in [-0.2, -0.15) is 5.26 Å². The average Bonchev–Trinajstić information content (AvgIpc) is 3.92. The van der Waals surface area contributed by atoms with Gasteiger partial charge in [-0.05, 0) is 81.1 Å². The SMILES string of the molecule is COC(=O)C[C@@H]1N=C(c2ccc(-c3ccc(C(=O)NCc4ccc(S(=O)(=O)Nc5ccc(C)c6c(C#N)c[nH]c56)cc4)nc3C)cc2)c2c(sc(C)c2C)-n2c(C)nnc21. The Labute approximate surface area is 350 Å². The third kappa shape index (κ3) is 7.22. The summed E-state index contributed by atoms with van der Waals surface area (Å²) in [5, 5.41) is 22.7. The molecule has 60 heavy (non-hydrogen) atoms. The van der Waals surface area contributed by atoms with Gasteiger partial charge in [0.2, 0.25) is 0 Å². The number of aryl methyl sites for hydroxylation is 4. The Morgan fingerprint density at radius 3 is 2.38 bits per heavy atom. The van der Waals surface area contributed by atoms with Crippen molar-refractivity contribution in [3.05, 3.63) is 140 Å². The highest BCUT2D eigenvalue weighted by Gasteiger charge is 2.32. The van der Waals surface area contributed by atoms with Gasteiger partial charge in [0, 0.05) is 45.4 Å². The molecule has 3 aromatic carbocycles. The van der Waals surface area contributed by atoms with Crippen LogP contribution in [0.2, 0.25) is 0 Å². The molecular weight excluding hydrogens is 799 g/mol. The number of methoxy groups -OCH3 is 1. The predicted octanol–water partition coefficient (Wildman–Crippen LogP) is 7.47. The molecule has 0 bridgehead atoms. The molecule has 16 heteroatoms. The van der Waals surface area contributed by atoms with Crippen LogP contribution < -0.4 is 10.0 Å².